The van der Waals surface area contributed by atoms with Gasteiger partial charge in [0, 0.05) is 0 Å². The van der Waals surface area contributed by atoms with Gasteiger partial charge in [0.1, 0.15) is 0 Å². The van der Waals surface area contributed by atoms with E-state index in [1.807, 2.05) is 0 Å². The molecule has 0 rings (SSSR count). The molecule has 0 bridgehead atoms. The Bertz CT molecular complexity index is 24.8. The van der Waals surface area contributed by atoms with Crippen molar-refractivity contribution in [2.45, 2.75) is 0 Å². The van der Waals surface area contributed by atoms with Crippen molar-refractivity contribution in [1.82, 2.24) is 0 Å². The lowest BCUT2D eigenvalue weighted by molar-refractivity contribution is 4.70. The first-order chi connectivity index (χ1) is 2.41. The molecule has 4 heteroatoms. The second-order valence-corrected chi connectivity index (χ2v) is 8.34. The number of hydrogen-bond donors (Lipinski definition) is 0. The van der Waals surface area contributed by atoms with Crippen molar-refractivity contribution in [2.75, 3.05) is 0 Å². The molecule has 0 aliphatic rings. The molecule has 3 atom stereocenters. The molecular formula is CH6P4. The monoisotopic (exact) mass is 142 g/mol. The normalized spacial score (nSPS) is 13.8. The van der Waals surface area contributed by atoms with E-state index in [-0.39, 0.29) is 0 Å². The first-order valence-electron chi connectivity index (χ1n) is 1.08. The molecule has 0 saturated carbocycles. The summed E-state index contributed by atoms with van der Waals surface area (Å²) in [5.74, 6) is 0. The molecule has 0 spiro atoms. The molecular weight excluding hydrogens is 136 g/mol. The van der Waals surface area contributed by atoms with Gasteiger partial charge in [-0.15, -0.1) is 8.93 Å². The van der Waals surface area contributed by atoms with Crippen LogP contribution < -0.4 is 0 Å². The first kappa shape index (κ1) is 6.46. The molecule has 0 nitrogen and oxygen atoms in total. The Hall–Kier alpha value is 1.46. The summed E-state index contributed by atoms with van der Waals surface area (Å²) < 4.78 is 0. The van der Waals surface area contributed by atoms with Gasteiger partial charge >= 0.3 is 0 Å². The maximum absolute atomic E-state index is 3.65. The molecule has 0 heterocycles. The van der Waals surface area contributed by atoms with E-state index in [4.69, 9.17) is 0 Å². The largest absolute Gasteiger partial charge is 0.110 e. The summed E-state index contributed by atoms with van der Waals surface area (Å²) in [5, 5.41) is 0. The van der Waals surface area contributed by atoms with E-state index in [1.165, 1.54) is 7.89 Å². The Morgan fingerprint density at radius 1 is 1.80 bits per heavy atom. The maximum atomic E-state index is 3.65. The van der Waals surface area contributed by atoms with E-state index in [0.717, 1.165) is 15.9 Å². The van der Waals surface area contributed by atoms with Crippen molar-refractivity contribution in [2.24, 2.45) is 0 Å². The van der Waals surface area contributed by atoms with Gasteiger partial charge in [0.05, 0.1) is 0 Å². The van der Waals surface area contributed by atoms with Crippen LogP contribution >= 0.6 is 32.7 Å². The Morgan fingerprint density at radius 2 is 2.40 bits per heavy atom. The summed E-state index contributed by atoms with van der Waals surface area (Å²) in [4.78, 5) is 0. The lowest BCUT2D eigenvalue weighted by Gasteiger charge is -1.73. The summed E-state index contributed by atoms with van der Waals surface area (Å²) in [6, 6.07) is 0. The molecule has 3 unspecified atom stereocenters. The zero-order chi connectivity index (χ0) is 4.12. The molecule has 0 radical (unpaired) electrons. The highest BCUT2D eigenvalue weighted by atomic mass is 32.6. The fourth-order valence-corrected chi connectivity index (χ4v) is 3.70. The molecule has 30 valence electrons. The average Bonchev–Trinajstić information content (AvgIpc) is 1.41. The molecule has 0 aliphatic carbocycles. The first-order valence-corrected chi connectivity index (χ1v) is 7.81. The molecule has 0 aromatic carbocycles. The van der Waals surface area contributed by atoms with Crippen molar-refractivity contribution in [3.63, 3.8) is 0 Å². The minimum absolute atomic E-state index is 1.03. The molecule has 0 aromatic heterocycles. The lowest BCUT2D eigenvalue weighted by atomic mass is 12.0. The zero-order valence-corrected chi connectivity index (χ0v) is 6.78. The van der Waals surface area contributed by atoms with Crippen LogP contribution in [-0.2, 0) is 0 Å². The van der Waals surface area contributed by atoms with Crippen LogP contribution in [0, 0.1) is 0 Å². The van der Waals surface area contributed by atoms with Crippen molar-refractivity contribution >= 4 is 39.0 Å². The van der Waals surface area contributed by atoms with E-state index in [1.54, 1.807) is 0 Å². The Labute approximate surface area is 39.8 Å². The molecule has 0 saturated heterocycles. The standard InChI is InChI=1S/CH6P4/c1-3-5-4-2/h4-5H,1-2H2. The molecule has 0 N–H and O–H groups in total. The lowest BCUT2D eigenvalue weighted by Crippen LogP contribution is -0.928. The third-order valence-electron chi connectivity index (χ3n) is 0.144. The molecule has 0 amide bonds. The van der Waals surface area contributed by atoms with Gasteiger partial charge in [0.2, 0.25) is 0 Å². The van der Waals surface area contributed by atoms with Crippen molar-refractivity contribution < 1.29 is 0 Å². The molecule has 5 heavy (non-hydrogen) atoms. The second-order valence-electron chi connectivity index (χ2n) is 0.414. The van der Waals surface area contributed by atoms with E-state index in [0.29, 0.717) is 0 Å². The smallest absolute Gasteiger partial charge is 0.0423 e. The predicted molar refractivity (Wildman–Crippen MR) is 40.4 cm³/mol. The Balaban J connectivity index is 2.40. The Kier molecular flexibility index (Phi) is 7.05. The maximum Gasteiger partial charge on any atom is -0.0423 e. The van der Waals surface area contributed by atoms with E-state index in [2.05, 4.69) is 15.2 Å². The van der Waals surface area contributed by atoms with Crippen LogP contribution in [0.15, 0.2) is 0 Å². The highest BCUT2D eigenvalue weighted by molar-refractivity contribution is 8.56. The molecule has 0 aliphatic heterocycles. The third-order valence-corrected chi connectivity index (χ3v) is 7.36. The van der Waals surface area contributed by atoms with Crippen molar-refractivity contribution in [3.05, 3.63) is 0 Å². The highest BCUT2D eigenvalue weighted by Crippen LogP contribution is 2.51. The van der Waals surface area contributed by atoms with Gasteiger partial charge in [0.15, 0.2) is 0 Å². The van der Waals surface area contributed by atoms with Crippen LogP contribution in [0.3, 0.4) is 0 Å². The van der Waals surface area contributed by atoms with E-state index < -0.39 is 0 Å². The van der Waals surface area contributed by atoms with Crippen molar-refractivity contribution in [3.8, 4) is 0 Å². The minimum atomic E-state index is 1.03. The second kappa shape index (κ2) is 5.46. The SMILES string of the molecule is C=PPPP. The molecule has 0 aromatic rings. The van der Waals surface area contributed by atoms with Gasteiger partial charge in [-0.05, 0) is 7.96 Å². The van der Waals surface area contributed by atoms with Gasteiger partial charge in [0.25, 0.3) is 0 Å². The quantitative estimate of drug-likeness (QED) is 0.519. The van der Waals surface area contributed by atoms with Gasteiger partial charge in [-0.2, -0.15) is 0 Å². The summed E-state index contributed by atoms with van der Waals surface area (Å²) in [6.07, 6.45) is 3.65. The fraction of sp³-hybridized carbons (Fsp3) is 0. The topological polar surface area (TPSA) is 0 Å². The van der Waals surface area contributed by atoms with Gasteiger partial charge in [-0.1, -0.05) is 22.2 Å². The van der Waals surface area contributed by atoms with Gasteiger partial charge in [-0.25, -0.2) is 0 Å². The van der Waals surface area contributed by atoms with Crippen LogP contribution in [0.25, 0.3) is 0 Å². The van der Waals surface area contributed by atoms with E-state index in [9.17, 15) is 0 Å². The third kappa shape index (κ3) is 5.46. The fourth-order valence-electron chi connectivity index (χ4n) is 0.0456. The zero-order valence-electron chi connectivity index (χ0n) is 2.73. The molecule has 0 fully saturated rings. The summed E-state index contributed by atoms with van der Waals surface area (Å²) >= 11 is 0. The Morgan fingerprint density at radius 3 is 2.40 bits per heavy atom. The van der Waals surface area contributed by atoms with E-state index >= 15 is 0 Å². The van der Waals surface area contributed by atoms with Crippen LogP contribution in [-0.4, -0.2) is 6.30 Å². The summed E-state index contributed by atoms with van der Waals surface area (Å²) in [5.41, 5.74) is 0. The average molecular weight is 142 g/mol. The predicted octanol–water partition coefficient (Wildman–Crippen LogP) is 2.34. The minimum Gasteiger partial charge on any atom is -0.110 e. The summed E-state index contributed by atoms with van der Waals surface area (Å²) in [7, 11) is 6.07. The highest BCUT2D eigenvalue weighted by Gasteiger charge is 1.60. The van der Waals surface area contributed by atoms with Crippen LogP contribution in [0.2, 0.25) is 0 Å². The summed E-state index contributed by atoms with van der Waals surface area (Å²) in [6.45, 7) is 0. The van der Waals surface area contributed by atoms with Crippen LogP contribution in [0.5, 0.6) is 0 Å². The number of hydrogen-bond acceptors (Lipinski definition) is 0. The van der Waals surface area contributed by atoms with Crippen LogP contribution in [0.4, 0.5) is 0 Å². The van der Waals surface area contributed by atoms with Crippen LogP contribution in [0.1, 0.15) is 0 Å². The van der Waals surface area contributed by atoms with Gasteiger partial charge < -0.3 is 0 Å². The van der Waals surface area contributed by atoms with Crippen molar-refractivity contribution in [1.29, 1.82) is 0 Å². The van der Waals surface area contributed by atoms with Gasteiger partial charge in [-0.3, -0.25) is 0 Å². The number of rotatable bonds is 2.